The first-order valence-electron chi connectivity index (χ1n) is 10.7. The number of hydrogen-bond acceptors (Lipinski definition) is 5. The van der Waals surface area contributed by atoms with Crippen molar-refractivity contribution in [2.75, 3.05) is 13.1 Å². The topological polar surface area (TPSA) is 90.5 Å². The van der Waals surface area contributed by atoms with Gasteiger partial charge >= 0.3 is 0 Å². The van der Waals surface area contributed by atoms with Gasteiger partial charge in [0.05, 0.1) is 0 Å². The van der Waals surface area contributed by atoms with E-state index < -0.39 is 6.04 Å². The highest BCUT2D eigenvalue weighted by Crippen LogP contribution is 2.45. The Morgan fingerprint density at radius 2 is 2.07 bits per heavy atom. The molecule has 3 amide bonds. The number of piperidine rings is 2. The predicted molar refractivity (Wildman–Crippen MR) is 107 cm³/mol. The zero-order valence-corrected chi connectivity index (χ0v) is 16.6. The minimum atomic E-state index is -0.551. The third kappa shape index (κ3) is 3.46. The average molecular weight is 396 g/mol. The fourth-order valence-electron chi connectivity index (χ4n) is 5.51. The molecule has 1 aromatic carbocycles. The van der Waals surface area contributed by atoms with Crippen LogP contribution in [0, 0.1) is 5.41 Å². The van der Waals surface area contributed by atoms with Crippen LogP contribution in [0.1, 0.15) is 60.0 Å². The van der Waals surface area contributed by atoms with Gasteiger partial charge in [0.25, 0.3) is 5.91 Å². The van der Waals surface area contributed by atoms with Gasteiger partial charge in [0, 0.05) is 37.7 Å². The van der Waals surface area contributed by atoms with Crippen LogP contribution in [0.2, 0.25) is 0 Å². The Balaban J connectivity index is 1.19. The summed E-state index contributed by atoms with van der Waals surface area (Å²) in [7, 11) is 0. The number of nitrogens with one attached hydrogen (secondary N) is 3. The van der Waals surface area contributed by atoms with Crippen LogP contribution in [0.3, 0.4) is 0 Å². The van der Waals surface area contributed by atoms with Crippen molar-refractivity contribution in [2.45, 2.75) is 63.7 Å². The highest BCUT2D eigenvalue weighted by molar-refractivity contribution is 6.05. The molecule has 0 bridgehead atoms. The van der Waals surface area contributed by atoms with Gasteiger partial charge in [-0.25, -0.2) is 0 Å². The summed E-state index contributed by atoms with van der Waals surface area (Å²) in [6.45, 7) is 3.55. The molecule has 1 unspecified atom stereocenters. The molecule has 1 aromatic rings. The smallest absolute Gasteiger partial charge is 0.255 e. The lowest BCUT2D eigenvalue weighted by Gasteiger charge is -2.50. The van der Waals surface area contributed by atoms with Gasteiger partial charge in [0.2, 0.25) is 11.8 Å². The molecule has 3 heterocycles. The van der Waals surface area contributed by atoms with E-state index in [1.54, 1.807) is 4.90 Å². The predicted octanol–water partition coefficient (Wildman–Crippen LogP) is 1.07. The molecule has 0 radical (unpaired) electrons. The van der Waals surface area contributed by atoms with Gasteiger partial charge in [-0.1, -0.05) is 12.1 Å². The van der Waals surface area contributed by atoms with Crippen LogP contribution in [0.4, 0.5) is 0 Å². The summed E-state index contributed by atoms with van der Waals surface area (Å²) in [5.74, 6) is -0.731. The lowest BCUT2D eigenvalue weighted by molar-refractivity contribution is -0.136. The molecule has 154 valence electrons. The largest absolute Gasteiger partial charge is 0.322 e. The highest BCUT2D eigenvalue weighted by Gasteiger charge is 2.44. The van der Waals surface area contributed by atoms with E-state index in [1.807, 2.05) is 12.1 Å². The molecule has 0 aromatic heterocycles. The van der Waals surface area contributed by atoms with Crippen LogP contribution in [0.5, 0.6) is 0 Å². The average Bonchev–Trinajstić information content (AvgIpc) is 3.01. The van der Waals surface area contributed by atoms with E-state index in [0.29, 0.717) is 30.0 Å². The molecule has 3 N–H and O–H groups in total. The zero-order chi connectivity index (χ0) is 20.0. The Kier molecular flexibility index (Phi) is 4.67. The van der Waals surface area contributed by atoms with E-state index in [0.717, 1.165) is 25.2 Å². The van der Waals surface area contributed by atoms with Crippen LogP contribution in [0.25, 0.3) is 0 Å². The number of hydrogen-bond donors (Lipinski definition) is 3. The van der Waals surface area contributed by atoms with E-state index >= 15 is 0 Å². The second-order valence-corrected chi connectivity index (χ2v) is 9.16. The van der Waals surface area contributed by atoms with Gasteiger partial charge in [-0.2, -0.15) is 0 Å². The Labute approximate surface area is 170 Å². The number of rotatable bonds is 4. The summed E-state index contributed by atoms with van der Waals surface area (Å²) in [5, 5.41) is 9.55. The standard InChI is InChI=1S/C22H28N4O3/c27-19-5-4-18(20(28)25-19)26-12-15-8-14(2-3-17(15)21(26)29)11-24-16-9-22(10-16)6-1-7-23-13-22/h2-3,8,16,18,23-24H,1,4-7,9-13H2,(H,25,27,28). The van der Waals surface area contributed by atoms with Crippen molar-refractivity contribution in [3.05, 3.63) is 34.9 Å². The molecule has 7 nitrogen and oxygen atoms in total. The van der Waals surface area contributed by atoms with E-state index in [2.05, 4.69) is 22.0 Å². The van der Waals surface area contributed by atoms with Crippen LogP contribution in [-0.2, 0) is 22.7 Å². The number of imide groups is 1. The number of benzene rings is 1. The summed E-state index contributed by atoms with van der Waals surface area (Å²) < 4.78 is 0. The lowest BCUT2D eigenvalue weighted by Crippen LogP contribution is -2.55. The van der Waals surface area contributed by atoms with Gasteiger partial charge < -0.3 is 15.5 Å². The number of amides is 3. The molecule has 3 aliphatic heterocycles. The molecule has 1 saturated carbocycles. The van der Waals surface area contributed by atoms with Crippen molar-refractivity contribution in [1.82, 2.24) is 20.9 Å². The Morgan fingerprint density at radius 3 is 2.83 bits per heavy atom. The maximum absolute atomic E-state index is 12.8. The van der Waals surface area contributed by atoms with Crippen LogP contribution >= 0.6 is 0 Å². The van der Waals surface area contributed by atoms with Gasteiger partial charge in [-0.15, -0.1) is 0 Å². The summed E-state index contributed by atoms with van der Waals surface area (Å²) in [4.78, 5) is 37.9. The maximum Gasteiger partial charge on any atom is 0.255 e. The van der Waals surface area contributed by atoms with Gasteiger partial charge in [-0.3, -0.25) is 19.7 Å². The Hall–Kier alpha value is -2.25. The second-order valence-electron chi connectivity index (χ2n) is 9.16. The van der Waals surface area contributed by atoms with Crippen LogP contribution in [-0.4, -0.2) is 47.8 Å². The number of carbonyl (C=O) groups excluding carboxylic acids is 3. The summed E-state index contributed by atoms with van der Waals surface area (Å²) in [5.41, 5.74) is 3.34. The summed E-state index contributed by atoms with van der Waals surface area (Å²) >= 11 is 0. The first-order chi connectivity index (χ1) is 14.0. The zero-order valence-electron chi connectivity index (χ0n) is 16.6. The third-order valence-electron chi connectivity index (χ3n) is 7.10. The fraction of sp³-hybridized carbons (Fsp3) is 0.591. The van der Waals surface area contributed by atoms with Gasteiger partial charge in [0.1, 0.15) is 6.04 Å². The molecular formula is C22H28N4O3. The van der Waals surface area contributed by atoms with Crippen molar-refractivity contribution in [3.8, 4) is 0 Å². The van der Waals surface area contributed by atoms with Gasteiger partial charge in [-0.05, 0) is 61.3 Å². The normalized spacial score (nSPS) is 31.6. The van der Waals surface area contributed by atoms with Crippen LogP contribution in [0.15, 0.2) is 18.2 Å². The minimum Gasteiger partial charge on any atom is -0.322 e. The highest BCUT2D eigenvalue weighted by atomic mass is 16.2. The van der Waals surface area contributed by atoms with Crippen molar-refractivity contribution in [1.29, 1.82) is 0 Å². The first kappa shape index (κ1) is 18.8. The molecular weight excluding hydrogens is 368 g/mol. The number of nitrogens with zero attached hydrogens (tertiary/aromatic N) is 1. The van der Waals surface area contributed by atoms with Gasteiger partial charge in [0.15, 0.2) is 0 Å². The fourth-order valence-corrected chi connectivity index (χ4v) is 5.51. The number of fused-ring (bicyclic) bond motifs is 1. The Morgan fingerprint density at radius 1 is 1.21 bits per heavy atom. The molecule has 1 atom stereocenters. The monoisotopic (exact) mass is 396 g/mol. The molecule has 1 aliphatic carbocycles. The van der Waals surface area contributed by atoms with E-state index in [4.69, 9.17) is 0 Å². The summed E-state index contributed by atoms with van der Waals surface area (Å²) in [6, 6.07) is 6.00. The molecule has 29 heavy (non-hydrogen) atoms. The van der Waals surface area contributed by atoms with E-state index in [-0.39, 0.29) is 24.1 Å². The van der Waals surface area contributed by atoms with Crippen molar-refractivity contribution in [3.63, 3.8) is 0 Å². The lowest BCUT2D eigenvalue weighted by atomic mass is 9.62. The van der Waals surface area contributed by atoms with Crippen molar-refractivity contribution in [2.24, 2.45) is 5.41 Å². The molecule has 7 heteroatoms. The number of carbonyl (C=O) groups is 3. The molecule has 3 fully saturated rings. The maximum atomic E-state index is 12.8. The molecule has 2 saturated heterocycles. The third-order valence-corrected chi connectivity index (χ3v) is 7.10. The van der Waals surface area contributed by atoms with Crippen molar-refractivity contribution < 1.29 is 14.4 Å². The molecule has 4 aliphatic rings. The minimum absolute atomic E-state index is 0.111. The second kappa shape index (κ2) is 7.22. The van der Waals surface area contributed by atoms with E-state index in [1.165, 1.54) is 31.2 Å². The Bertz CT molecular complexity index is 854. The first-order valence-corrected chi connectivity index (χ1v) is 10.7. The van der Waals surface area contributed by atoms with Crippen LogP contribution < -0.4 is 16.0 Å². The SMILES string of the molecule is O=C1CCC(N2Cc3cc(CNC4CC5(CCCNC5)C4)ccc3C2=O)C(=O)N1. The van der Waals surface area contributed by atoms with E-state index in [9.17, 15) is 14.4 Å². The molecule has 1 spiro atoms. The quantitative estimate of drug-likeness (QED) is 0.663. The van der Waals surface area contributed by atoms with Crippen molar-refractivity contribution >= 4 is 17.7 Å². The summed E-state index contributed by atoms with van der Waals surface area (Å²) in [6.07, 6.45) is 5.80. The molecule has 5 rings (SSSR count).